The number of rotatable bonds is 3. The fourth-order valence-corrected chi connectivity index (χ4v) is 1.44. The van der Waals surface area contributed by atoms with Crippen molar-refractivity contribution in [2.75, 3.05) is 5.32 Å². The largest absolute Gasteiger partial charge is 0.444 e. The topological polar surface area (TPSA) is 64.1 Å². The van der Waals surface area contributed by atoms with Crippen LogP contribution in [-0.4, -0.2) is 21.7 Å². The van der Waals surface area contributed by atoms with E-state index in [-0.39, 0.29) is 5.92 Å². The number of nitrogens with one attached hydrogen (secondary N) is 1. The maximum absolute atomic E-state index is 11.7. The van der Waals surface area contributed by atoms with Gasteiger partial charge in [0.25, 0.3) is 0 Å². The van der Waals surface area contributed by atoms with Crippen LogP contribution in [0.5, 0.6) is 0 Å². The average molecular weight is 251 g/mol. The van der Waals surface area contributed by atoms with Crippen molar-refractivity contribution in [3.05, 3.63) is 18.2 Å². The number of hydrogen-bond donors (Lipinski definition) is 1. The molecule has 0 aliphatic rings. The number of hydrogen-bond acceptors (Lipinski definition) is 4. The first-order valence-corrected chi connectivity index (χ1v) is 6.13. The molecule has 0 radical (unpaired) electrons. The summed E-state index contributed by atoms with van der Waals surface area (Å²) in [5.41, 5.74) is 0.926. The van der Waals surface area contributed by atoms with E-state index in [9.17, 15) is 4.79 Å². The normalized spacial score (nSPS) is 12.9. The summed E-state index contributed by atoms with van der Waals surface area (Å²) in [4.78, 5) is 19.9. The summed E-state index contributed by atoms with van der Waals surface area (Å²) in [5, 5.41) is 2.70. The number of carbonyl (C=O) groups is 1. The Kier molecular flexibility index (Phi) is 4.64. The van der Waals surface area contributed by atoms with Crippen molar-refractivity contribution < 1.29 is 9.53 Å². The Balaban J connectivity index is 2.81. The molecule has 1 amide bonds. The Hall–Kier alpha value is -1.65. The summed E-state index contributed by atoms with van der Waals surface area (Å²) in [5.74, 6) is 0.262. The van der Waals surface area contributed by atoms with Gasteiger partial charge in [0.1, 0.15) is 11.9 Å². The maximum Gasteiger partial charge on any atom is 0.412 e. The smallest absolute Gasteiger partial charge is 0.412 e. The van der Waals surface area contributed by atoms with Crippen LogP contribution in [0.4, 0.5) is 10.5 Å². The van der Waals surface area contributed by atoms with Gasteiger partial charge < -0.3 is 4.74 Å². The zero-order valence-electron chi connectivity index (χ0n) is 11.7. The summed E-state index contributed by atoms with van der Waals surface area (Å²) in [6.07, 6.45) is 3.54. The van der Waals surface area contributed by atoms with Gasteiger partial charge in [-0.15, -0.1) is 0 Å². The third-order valence-electron chi connectivity index (χ3n) is 2.46. The molecule has 0 aliphatic heterocycles. The van der Waals surface area contributed by atoms with Crippen LogP contribution in [0.1, 0.15) is 52.7 Å². The highest BCUT2D eigenvalue weighted by Crippen LogP contribution is 2.23. The van der Waals surface area contributed by atoms with Crippen molar-refractivity contribution in [1.82, 2.24) is 9.97 Å². The minimum atomic E-state index is -0.518. The Morgan fingerprint density at radius 2 is 2.17 bits per heavy atom. The number of anilines is 1. The van der Waals surface area contributed by atoms with Gasteiger partial charge in [-0.2, -0.15) is 0 Å². The second kappa shape index (κ2) is 5.80. The Morgan fingerprint density at radius 1 is 1.50 bits per heavy atom. The summed E-state index contributed by atoms with van der Waals surface area (Å²) >= 11 is 0. The predicted molar refractivity (Wildman–Crippen MR) is 70.6 cm³/mol. The van der Waals surface area contributed by atoms with E-state index in [0.717, 1.165) is 12.1 Å². The molecule has 0 unspecified atom stereocenters. The van der Waals surface area contributed by atoms with Crippen molar-refractivity contribution in [2.45, 2.75) is 52.6 Å². The molecule has 0 bridgehead atoms. The molecule has 1 atom stereocenters. The van der Waals surface area contributed by atoms with E-state index in [2.05, 4.69) is 29.1 Å². The molecule has 1 aromatic heterocycles. The molecule has 18 heavy (non-hydrogen) atoms. The molecule has 1 heterocycles. The minimum absolute atomic E-state index is 0.262. The SMILES string of the molecule is CC[C@H](C)c1ncncc1NC(=O)OC(C)(C)C. The van der Waals surface area contributed by atoms with Crippen LogP contribution in [-0.2, 0) is 4.74 Å². The van der Waals surface area contributed by atoms with Crippen LogP contribution in [0.2, 0.25) is 0 Å². The summed E-state index contributed by atoms with van der Waals surface area (Å²) in [7, 11) is 0. The monoisotopic (exact) mass is 251 g/mol. The molecule has 0 aliphatic carbocycles. The number of carbonyl (C=O) groups excluding carboxylic acids is 1. The van der Waals surface area contributed by atoms with Gasteiger partial charge in [-0.1, -0.05) is 13.8 Å². The van der Waals surface area contributed by atoms with E-state index in [1.54, 1.807) is 6.20 Å². The zero-order chi connectivity index (χ0) is 13.8. The van der Waals surface area contributed by atoms with Crippen molar-refractivity contribution >= 4 is 11.8 Å². The molecule has 5 heteroatoms. The van der Waals surface area contributed by atoms with Gasteiger partial charge in [0.05, 0.1) is 17.6 Å². The molecule has 0 saturated carbocycles. The Bertz CT molecular complexity index is 413. The second-order valence-electron chi connectivity index (χ2n) is 5.26. The summed E-state index contributed by atoms with van der Waals surface area (Å²) < 4.78 is 5.20. The van der Waals surface area contributed by atoms with Gasteiger partial charge in [-0.25, -0.2) is 14.8 Å². The molecular weight excluding hydrogens is 230 g/mol. The Labute approximate surface area is 108 Å². The minimum Gasteiger partial charge on any atom is -0.444 e. The molecule has 5 nitrogen and oxygen atoms in total. The summed E-state index contributed by atoms with van der Waals surface area (Å²) in [6.45, 7) is 9.60. The fraction of sp³-hybridized carbons (Fsp3) is 0.615. The number of ether oxygens (including phenoxy) is 1. The van der Waals surface area contributed by atoms with Gasteiger partial charge in [-0.05, 0) is 27.2 Å². The lowest BCUT2D eigenvalue weighted by Gasteiger charge is -2.20. The van der Waals surface area contributed by atoms with Gasteiger partial charge in [-0.3, -0.25) is 5.32 Å². The van der Waals surface area contributed by atoms with E-state index in [1.807, 2.05) is 20.8 Å². The molecule has 1 rings (SSSR count). The van der Waals surface area contributed by atoms with E-state index >= 15 is 0 Å². The van der Waals surface area contributed by atoms with Crippen LogP contribution >= 0.6 is 0 Å². The van der Waals surface area contributed by atoms with Crippen molar-refractivity contribution in [3.63, 3.8) is 0 Å². The molecule has 0 fully saturated rings. The first-order valence-electron chi connectivity index (χ1n) is 6.13. The fourth-order valence-electron chi connectivity index (χ4n) is 1.44. The first-order chi connectivity index (χ1) is 8.33. The van der Waals surface area contributed by atoms with Crippen LogP contribution < -0.4 is 5.32 Å². The van der Waals surface area contributed by atoms with Gasteiger partial charge in [0, 0.05) is 5.92 Å². The van der Waals surface area contributed by atoms with Crippen LogP contribution in [0.3, 0.4) is 0 Å². The highest BCUT2D eigenvalue weighted by Gasteiger charge is 2.18. The predicted octanol–water partition coefficient (Wildman–Crippen LogP) is 3.34. The Morgan fingerprint density at radius 3 is 2.72 bits per heavy atom. The number of amides is 1. The number of aromatic nitrogens is 2. The van der Waals surface area contributed by atoms with E-state index in [1.165, 1.54) is 6.33 Å². The lowest BCUT2D eigenvalue weighted by atomic mass is 10.0. The third kappa shape index (κ3) is 4.31. The average Bonchev–Trinajstić information content (AvgIpc) is 2.26. The molecular formula is C13H21N3O2. The molecule has 0 spiro atoms. The van der Waals surface area contributed by atoms with Gasteiger partial charge in [0.15, 0.2) is 0 Å². The molecule has 0 aromatic carbocycles. The highest BCUT2D eigenvalue weighted by molar-refractivity contribution is 5.85. The molecule has 0 saturated heterocycles. The molecule has 1 aromatic rings. The standard InChI is InChI=1S/C13H21N3O2/c1-6-9(2)11-10(7-14-8-15-11)16-12(17)18-13(3,4)5/h7-9H,6H2,1-5H3,(H,16,17)/t9-/m0/s1. The number of nitrogens with zero attached hydrogens (tertiary/aromatic N) is 2. The third-order valence-corrected chi connectivity index (χ3v) is 2.46. The van der Waals surface area contributed by atoms with Crippen LogP contribution in [0.25, 0.3) is 0 Å². The van der Waals surface area contributed by atoms with Crippen molar-refractivity contribution in [2.24, 2.45) is 0 Å². The molecule has 100 valence electrons. The molecule has 1 N–H and O–H groups in total. The van der Waals surface area contributed by atoms with Crippen LogP contribution in [0, 0.1) is 0 Å². The van der Waals surface area contributed by atoms with Gasteiger partial charge in [0.2, 0.25) is 0 Å². The van der Waals surface area contributed by atoms with Crippen LogP contribution in [0.15, 0.2) is 12.5 Å². The second-order valence-corrected chi connectivity index (χ2v) is 5.26. The lowest BCUT2D eigenvalue weighted by Crippen LogP contribution is -2.27. The summed E-state index contributed by atoms with van der Waals surface area (Å²) in [6, 6.07) is 0. The zero-order valence-corrected chi connectivity index (χ0v) is 11.7. The van der Waals surface area contributed by atoms with E-state index < -0.39 is 11.7 Å². The van der Waals surface area contributed by atoms with E-state index in [4.69, 9.17) is 4.74 Å². The van der Waals surface area contributed by atoms with Gasteiger partial charge >= 0.3 is 6.09 Å². The van der Waals surface area contributed by atoms with Crippen molar-refractivity contribution in [1.29, 1.82) is 0 Å². The van der Waals surface area contributed by atoms with Crippen molar-refractivity contribution in [3.8, 4) is 0 Å². The maximum atomic E-state index is 11.7. The first kappa shape index (κ1) is 14.4. The van der Waals surface area contributed by atoms with E-state index in [0.29, 0.717) is 5.69 Å². The quantitative estimate of drug-likeness (QED) is 0.894. The highest BCUT2D eigenvalue weighted by atomic mass is 16.6. The lowest BCUT2D eigenvalue weighted by molar-refractivity contribution is 0.0635.